The number of aliphatic hydroxyl groups excluding tert-OH is 4. The van der Waals surface area contributed by atoms with Crippen molar-refractivity contribution < 1.29 is 59.4 Å². The Morgan fingerprint density at radius 2 is 1.10 bits per heavy atom. The van der Waals surface area contributed by atoms with Crippen molar-refractivity contribution in [3.63, 3.8) is 0 Å². The maximum absolute atomic E-state index is 14.3. The summed E-state index contributed by atoms with van der Waals surface area (Å²) in [5, 5.41) is 57.6. The fraction of sp³-hybridized carbons (Fsp3) is 0.478. The Bertz CT molecular complexity index is 1950. The molecule has 12 heteroatoms. The maximum atomic E-state index is 14.3. The first-order valence-electron chi connectivity index (χ1n) is 22.3. The lowest BCUT2D eigenvalue weighted by Crippen LogP contribution is -2.90. The molecule has 2 aliphatic rings. The van der Waals surface area contributed by atoms with Crippen LogP contribution in [0.5, 0.6) is 0 Å². The highest BCUT2D eigenvalue weighted by Crippen LogP contribution is 2.58. The smallest absolute Gasteiger partial charge is 0.230 e. The first kappa shape index (κ1) is 38.8. The average molecular weight is 821 g/mol. The highest BCUT2D eigenvalue weighted by Gasteiger charge is 2.82. The number of hydrogen-bond donors (Lipinski definition) is 5. The van der Waals surface area contributed by atoms with Gasteiger partial charge in [0.05, 0.1) is 51.6 Å². The van der Waals surface area contributed by atoms with Gasteiger partial charge in [-0.05, 0) is 22.3 Å². The molecule has 5 unspecified atom stereocenters. The van der Waals surface area contributed by atoms with Crippen molar-refractivity contribution in [2.45, 2.75) is 118 Å². The molecule has 0 radical (unpaired) electrons. The Hall–Kier alpha value is -3.34. The lowest BCUT2D eigenvalue weighted by molar-refractivity contribution is -0.442. The van der Waals surface area contributed by atoms with Crippen molar-refractivity contribution in [1.82, 2.24) is 0 Å². The third kappa shape index (κ3) is 8.36. The molecule has 0 aliphatic carbocycles. The summed E-state index contributed by atoms with van der Waals surface area (Å²) < 4.78 is 78.1. The van der Waals surface area contributed by atoms with Gasteiger partial charge in [-0.2, -0.15) is 0 Å². The Labute approximate surface area is 348 Å². The van der Waals surface area contributed by atoms with Crippen LogP contribution in [-0.4, -0.2) is 107 Å². The topological polar surface area (TPSA) is 157 Å². The second kappa shape index (κ2) is 19.8. The van der Waals surface area contributed by atoms with Crippen LogP contribution >= 0.6 is 0 Å². The molecule has 0 aromatic heterocycles. The number of benzene rings is 4. The van der Waals surface area contributed by atoms with Gasteiger partial charge in [-0.3, -0.25) is 0 Å². The molecule has 13 atom stereocenters. The van der Waals surface area contributed by atoms with Gasteiger partial charge in [-0.25, -0.2) is 0 Å². The normalized spacial score (nSPS) is 33.2. The largest absolute Gasteiger partial charge is 0.394 e. The van der Waals surface area contributed by atoms with Gasteiger partial charge in [0.25, 0.3) is 0 Å². The Morgan fingerprint density at radius 1 is 0.638 bits per heavy atom. The molecule has 2 saturated heterocycles. The van der Waals surface area contributed by atoms with Crippen molar-refractivity contribution in [3.05, 3.63) is 144 Å². The predicted octanol–water partition coefficient (Wildman–Crippen LogP) is 5.31. The van der Waals surface area contributed by atoms with E-state index in [0.29, 0.717) is 40.4 Å². The molecule has 2 heterocycles. The summed E-state index contributed by atoms with van der Waals surface area (Å²) >= 11 is 0. The minimum Gasteiger partial charge on any atom is -0.394 e. The summed E-state index contributed by atoms with van der Waals surface area (Å²) in [6.07, 6.45) is -10.3. The van der Waals surface area contributed by atoms with Gasteiger partial charge >= 0.3 is 0 Å². The predicted molar refractivity (Wildman–Crippen MR) is 221 cm³/mol. The first-order chi connectivity index (χ1) is 29.8. The summed E-state index contributed by atoms with van der Waals surface area (Å²) in [6, 6.07) is 35.5. The summed E-state index contributed by atoms with van der Waals surface area (Å²) in [5.74, 6) is -3.12. The van der Waals surface area contributed by atoms with Gasteiger partial charge in [0.1, 0.15) is 49.9 Å². The molecule has 2 aliphatic heterocycles. The molecule has 0 spiro atoms. The van der Waals surface area contributed by atoms with E-state index in [1.54, 1.807) is 121 Å². The van der Waals surface area contributed by atoms with Crippen LogP contribution in [0.25, 0.3) is 0 Å². The molecule has 0 bridgehead atoms. The van der Waals surface area contributed by atoms with Crippen molar-refractivity contribution in [1.29, 1.82) is 0 Å². The quantitative estimate of drug-likeness (QED) is 0.0737. The molecule has 6 rings (SSSR count). The molecule has 4 aromatic carbocycles. The molecule has 314 valence electrons. The number of ether oxygens (including phenoxy) is 6. The molecule has 5 N–H and O–H groups in total. The SMILES string of the molecule is [2H]C(OC[C@H]1OC(O)([C@]2(CO)O[C@H](CO)[C@@H](O)[C@@H]2O)[C@@](OC([2H])c2ccccc2)([Si](CC)(CC)CC)[C@@H](OC([2H])c2ccccc2)[C@@H]1OC([2H])c1ccccc1)c1ccccc1. The molecular formula is C46H60O11Si. The number of rotatable bonds is 20. The maximum Gasteiger partial charge on any atom is 0.230 e. The van der Waals surface area contributed by atoms with E-state index in [4.69, 9.17) is 29.8 Å². The molecule has 11 nitrogen and oxygen atoms in total. The Kier molecular flexibility index (Phi) is 13.3. The second-order valence-corrected chi connectivity index (χ2v) is 20.3. The molecule has 58 heavy (non-hydrogen) atoms. The van der Waals surface area contributed by atoms with E-state index in [1.807, 2.05) is 20.8 Å². The van der Waals surface area contributed by atoms with Crippen LogP contribution in [0.4, 0.5) is 0 Å². The van der Waals surface area contributed by atoms with Gasteiger partial charge in [-0.1, -0.05) is 160 Å². The van der Waals surface area contributed by atoms with Crippen LogP contribution in [0.2, 0.25) is 18.1 Å². The van der Waals surface area contributed by atoms with E-state index in [9.17, 15) is 29.6 Å². The van der Waals surface area contributed by atoms with Crippen LogP contribution < -0.4 is 0 Å². The highest BCUT2D eigenvalue weighted by atomic mass is 28.3. The van der Waals surface area contributed by atoms with E-state index in [-0.39, 0.29) is 0 Å². The zero-order valence-electron chi connectivity index (χ0n) is 37.2. The van der Waals surface area contributed by atoms with E-state index < -0.39 is 107 Å². The molecule has 4 aromatic rings. The third-order valence-electron chi connectivity index (χ3n) is 12.0. The fourth-order valence-electron chi connectivity index (χ4n) is 8.73. The Balaban J connectivity index is 1.69. The molecule has 0 amide bonds. The number of aliphatic hydroxyl groups is 5. The highest BCUT2D eigenvalue weighted by molar-refractivity contribution is 6.83. The molecule has 2 fully saturated rings. The molecule has 0 saturated carbocycles. The lowest BCUT2D eigenvalue weighted by Gasteiger charge is -2.67. The van der Waals surface area contributed by atoms with Gasteiger partial charge in [0.2, 0.25) is 5.79 Å². The van der Waals surface area contributed by atoms with Gasteiger partial charge in [0.15, 0.2) is 5.60 Å². The average Bonchev–Trinajstić information content (AvgIpc) is 3.58. The monoisotopic (exact) mass is 820 g/mol. The molecular weight excluding hydrogens is 757 g/mol. The number of hydrogen-bond acceptors (Lipinski definition) is 11. The summed E-state index contributed by atoms with van der Waals surface area (Å²) in [6.45, 7) is -2.74. The van der Waals surface area contributed by atoms with Gasteiger partial charge in [-0.15, -0.1) is 0 Å². The van der Waals surface area contributed by atoms with Crippen LogP contribution in [0.1, 0.15) is 48.5 Å². The minimum absolute atomic E-state index is 0.310. The zero-order chi connectivity index (χ0) is 44.7. The van der Waals surface area contributed by atoms with E-state index >= 15 is 0 Å². The van der Waals surface area contributed by atoms with Crippen molar-refractivity contribution in [3.8, 4) is 0 Å². The van der Waals surface area contributed by atoms with E-state index in [2.05, 4.69) is 0 Å². The van der Waals surface area contributed by atoms with Crippen LogP contribution in [0.15, 0.2) is 121 Å². The summed E-state index contributed by atoms with van der Waals surface area (Å²) in [5.41, 5.74) is -1.04. The van der Waals surface area contributed by atoms with Gasteiger partial charge < -0.3 is 54.0 Å². The summed E-state index contributed by atoms with van der Waals surface area (Å²) in [4.78, 5) is 0. The zero-order valence-corrected chi connectivity index (χ0v) is 34.2. The second-order valence-electron chi connectivity index (χ2n) is 14.9. The first-order valence-corrected chi connectivity index (χ1v) is 22.6. The fourth-order valence-corrected chi connectivity index (χ4v) is 13.9. The van der Waals surface area contributed by atoms with Crippen LogP contribution in [0.3, 0.4) is 0 Å². The standard InChI is InChI=1S/C46H60O11Si/c1-4-58(5-2,6-3)45(55-31-37-25-17-10-18-26-37)43(54-30-36-23-15-9-16-24-36)41(53-29-35-21-13-8-14-22-35)39(32-52-28-34-19-11-7-12-20-34)57-46(45,51)44(33-48)42(50)40(49)38(27-47)56-44/h7-26,38-43,47-51H,4-6,27-33H2,1-3H3/t38-,39-,40-,41-,42+,43+,44-,45+,46?/m1/s1/i28D,29D,30D,31D/t28?,29?,30?,31?,38-,39-,40-,41-,42+,43+,44-,45+,46?. The van der Waals surface area contributed by atoms with Crippen LogP contribution in [-0.2, 0) is 54.8 Å². The van der Waals surface area contributed by atoms with Crippen molar-refractivity contribution in [2.75, 3.05) is 19.8 Å². The van der Waals surface area contributed by atoms with E-state index in [1.165, 1.54) is 0 Å². The lowest BCUT2D eigenvalue weighted by atomic mass is 9.77. The van der Waals surface area contributed by atoms with E-state index in [0.717, 1.165) is 0 Å². The van der Waals surface area contributed by atoms with Gasteiger partial charge in [0, 0.05) is 0 Å². The van der Waals surface area contributed by atoms with Crippen LogP contribution in [0, 0.1) is 0 Å². The summed E-state index contributed by atoms with van der Waals surface area (Å²) in [7, 11) is -3.63. The third-order valence-corrected chi connectivity index (χ3v) is 18.4. The van der Waals surface area contributed by atoms with Crippen molar-refractivity contribution in [2.24, 2.45) is 0 Å². The minimum atomic E-state index is -3.63. The Morgan fingerprint density at radius 3 is 1.55 bits per heavy atom. The van der Waals surface area contributed by atoms with Crippen molar-refractivity contribution >= 4 is 8.07 Å².